The molecule has 47 heavy (non-hydrogen) atoms. The molecule has 0 amide bonds. The van der Waals surface area contributed by atoms with Crippen molar-refractivity contribution in [2.75, 3.05) is 14.2 Å². The lowest BCUT2D eigenvalue weighted by molar-refractivity contribution is 0.0519. The van der Waals surface area contributed by atoms with Gasteiger partial charge in [-0.05, 0) is 66.5 Å². The summed E-state index contributed by atoms with van der Waals surface area (Å²) >= 11 is 4.71. The zero-order chi connectivity index (χ0) is 34.3. The van der Waals surface area contributed by atoms with Gasteiger partial charge in [0.25, 0.3) is 0 Å². The number of hydrogen-bond acceptors (Lipinski definition) is 12. The van der Waals surface area contributed by atoms with Crippen LogP contribution in [0.4, 0.5) is 4.79 Å². The van der Waals surface area contributed by atoms with Crippen LogP contribution in [0, 0.1) is 3.70 Å². The molecule has 0 unspecified atom stereocenters. The van der Waals surface area contributed by atoms with Crippen LogP contribution in [0.15, 0.2) is 77.8 Å². The number of methoxy groups -OCH3 is 2. The molecule has 0 fully saturated rings. The van der Waals surface area contributed by atoms with Crippen molar-refractivity contribution in [2.24, 2.45) is 4.99 Å². The summed E-state index contributed by atoms with van der Waals surface area (Å²) in [6, 6.07) is 22.2. The van der Waals surface area contributed by atoms with Crippen LogP contribution >= 0.6 is 45.3 Å². The van der Waals surface area contributed by atoms with Gasteiger partial charge in [-0.2, -0.15) is 9.78 Å². The van der Waals surface area contributed by atoms with Gasteiger partial charge in [0, 0.05) is 5.56 Å². The van der Waals surface area contributed by atoms with Crippen molar-refractivity contribution in [1.29, 1.82) is 0 Å². The number of benzene rings is 2. The Morgan fingerprint density at radius 2 is 1.47 bits per heavy atom. The molecular weight excluding hydrogens is 756 g/mol. The van der Waals surface area contributed by atoms with Gasteiger partial charge in [-0.1, -0.05) is 60.7 Å². The zero-order valence-corrected chi connectivity index (χ0v) is 29.9. The minimum atomic E-state index is -1.34. The number of hydrogen-bond donors (Lipinski definition) is 2. The second-order valence-corrected chi connectivity index (χ2v) is 13.9. The first-order valence-corrected chi connectivity index (χ1v) is 16.8. The summed E-state index contributed by atoms with van der Waals surface area (Å²) in [5.74, 6) is -0.709. The van der Waals surface area contributed by atoms with Crippen molar-refractivity contribution < 1.29 is 38.6 Å². The summed E-state index contributed by atoms with van der Waals surface area (Å²) in [5.41, 5.74) is 3.65. The van der Waals surface area contributed by atoms with Crippen molar-refractivity contribution >= 4 is 91.8 Å². The first-order valence-electron chi connectivity index (χ1n) is 14.0. The number of rotatable bonds is 4. The van der Waals surface area contributed by atoms with E-state index in [1.165, 1.54) is 41.6 Å². The van der Waals surface area contributed by atoms with Crippen LogP contribution < -0.4 is 5.46 Å². The Kier molecular flexibility index (Phi) is 12.1. The molecular formula is C32H31BIN3O8S2. The SMILES string of the molecule is COC(=O)c1cc2c(s1)C(c1ccccc1)=NC2.COC(=O)c1cc2c(s1)c(I)nn2C(=O)OC(C)(C)C.OB(O)c1ccccc1. The van der Waals surface area contributed by atoms with Gasteiger partial charge in [-0.15, -0.1) is 22.7 Å². The average molecular weight is 787 g/mol. The molecule has 0 aliphatic carbocycles. The number of halogens is 1. The molecule has 3 aromatic heterocycles. The van der Waals surface area contributed by atoms with Crippen LogP contribution in [0.1, 0.15) is 56.1 Å². The smallest absolute Gasteiger partial charge is 0.465 e. The lowest BCUT2D eigenvalue weighted by Crippen LogP contribution is -2.29. The normalized spacial score (nSPS) is 11.7. The molecule has 2 N–H and O–H groups in total. The number of esters is 2. The fourth-order valence-electron chi connectivity index (χ4n) is 4.15. The Balaban J connectivity index is 0.000000170. The number of carbonyl (C=O) groups excluding carboxylic acids is 3. The number of fused-ring (bicyclic) bond motifs is 2. The van der Waals surface area contributed by atoms with E-state index in [0.717, 1.165) is 26.4 Å². The van der Waals surface area contributed by atoms with Crippen LogP contribution in [0.3, 0.4) is 0 Å². The molecule has 6 rings (SSSR count). The van der Waals surface area contributed by atoms with Gasteiger partial charge in [0.2, 0.25) is 0 Å². The summed E-state index contributed by atoms with van der Waals surface area (Å²) in [6.45, 7) is 5.99. The molecule has 5 aromatic rings. The molecule has 0 saturated carbocycles. The number of nitrogens with zero attached hydrogens (tertiary/aromatic N) is 3. The van der Waals surface area contributed by atoms with Crippen LogP contribution in [-0.2, 0) is 20.8 Å². The van der Waals surface area contributed by atoms with Crippen LogP contribution in [0.5, 0.6) is 0 Å². The van der Waals surface area contributed by atoms with Gasteiger partial charge in [0.1, 0.15) is 19.1 Å². The zero-order valence-electron chi connectivity index (χ0n) is 26.1. The van der Waals surface area contributed by atoms with Crippen molar-refractivity contribution in [2.45, 2.75) is 32.9 Å². The van der Waals surface area contributed by atoms with Gasteiger partial charge in [-0.25, -0.2) is 14.4 Å². The van der Waals surface area contributed by atoms with E-state index >= 15 is 0 Å². The Labute approximate surface area is 293 Å². The van der Waals surface area contributed by atoms with Crippen molar-refractivity contribution in [3.8, 4) is 0 Å². The summed E-state index contributed by atoms with van der Waals surface area (Å²) in [6.07, 6.45) is -0.570. The molecule has 4 heterocycles. The van der Waals surface area contributed by atoms with Gasteiger partial charge in [0.15, 0.2) is 0 Å². The Morgan fingerprint density at radius 1 is 0.894 bits per heavy atom. The van der Waals surface area contributed by atoms with E-state index < -0.39 is 24.8 Å². The van der Waals surface area contributed by atoms with Gasteiger partial charge >= 0.3 is 25.2 Å². The molecule has 15 heteroatoms. The molecule has 0 spiro atoms. The van der Waals surface area contributed by atoms with Crippen molar-refractivity contribution in [1.82, 2.24) is 9.78 Å². The molecule has 1 aliphatic heterocycles. The van der Waals surface area contributed by atoms with Crippen molar-refractivity contribution in [3.63, 3.8) is 0 Å². The third-order valence-corrected chi connectivity index (χ3v) is 9.63. The van der Waals surface area contributed by atoms with E-state index in [-0.39, 0.29) is 5.97 Å². The monoisotopic (exact) mass is 787 g/mol. The first-order chi connectivity index (χ1) is 22.3. The van der Waals surface area contributed by atoms with E-state index in [9.17, 15) is 14.4 Å². The average Bonchev–Trinajstić information content (AvgIpc) is 3.83. The Bertz CT molecular complexity index is 1900. The predicted molar refractivity (Wildman–Crippen MR) is 191 cm³/mol. The number of carbonyl (C=O) groups is 3. The maximum atomic E-state index is 12.1. The lowest BCUT2D eigenvalue weighted by Gasteiger charge is -2.18. The molecule has 0 saturated heterocycles. The fraction of sp³-hybridized carbons (Fsp3) is 0.219. The minimum absolute atomic E-state index is 0.276. The quantitative estimate of drug-likeness (QED) is 0.104. The second-order valence-electron chi connectivity index (χ2n) is 10.8. The fourth-order valence-corrected chi connectivity index (χ4v) is 7.02. The third kappa shape index (κ3) is 9.13. The van der Waals surface area contributed by atoms with Gasteiger partial charge < -0.3 is 24.3 Å². The molecule has 0 bridgehead atoms. The van der Waals surface area contributed by atoms with E-state index in [4.69, 9.17) is 19.5 Å². The minimum Gasteiger partial charge on any atom is -0.465 e. The van der Waals surface area contributed by atoms with Crippen LogP contribution in [0.2, 0.25) is 0 Å². The standard InChI is InChI=1S/C14H11NO2S.C12H13IN2O4S.C6H7BO2/c1-17-14(16)11-7-10-8-15-12(13(10)18-11)9-5-3-2-4-6-9;1-12(2,3)19-11(17)15-6-5-7(10(16)18-4)20-8(6)9(13)14-15;8-7(9)6-4-2-1-3-5-6/h2-7H,8H2,1H3;5H,1-4H3;1-5,8-9H. The summed E-state index contributed by atoms with van der Waals surface area (Å²) in [4.78, 5) is 41.8. The van der Waals surface area contributed by atoms with E-state index in [0.29, 0.717) is 31.0 Å². The van der Waals surface area contributed by atoms with Crippen LogP contribution in [-0.4, -0.2) is 70.5 Å². The number of aromatic nitrogens is 2. The lowest BCUT2D eigenvalue weighted by atomic mass is 9.81. The highest BCUT2D eigenvalue weighted by atomic mass is 127. The largest absolute Gasteiger partial charge is 0.488 e. The van der Waals surface area contributed by atoms with Gasteiger partial charge in [0.05, 0.1) is 41.6 Å². The Morgan fingerprint density at radius 3 is 2.00 bits per heavy atom. The second kappa shape index (κ2) is 15.8. The number of aliphatic imine (C=N–C) groups is 1. The molecule has 11 nitrogen and oxygen atoms in total. The molecule has 1 aliphatic rings. The maximum Gasteiger partial charge on any atom is 0.488 e. The first kappa shape index (κ1) is 35.9. The highest BCUT2D eigenvalue weighted by molar-refractivity contribution is 14.1. The van der Waals surface area contributed by atoms with Crippen molar-refractivity contribution in [3.05, 3.63) is 102 Å². The summed E-state index contributed by atoms with van der Waals surface area (Å²) in [7, 11) is 1.38. The highest BCUT2D eigenvalue weighted by Gasteiger charge is 2.25. The van der Waals surface area contributed by atoms with Crippen LogP contribution in [0.25, 0.3) is 10.2 Å². The number of thiophene rings is 2. The van der Waals surface area contributed by atoms with E-state index in [1.54, 1.807) is 51.1 Å². The molecule has 0 radical (unpaired) electrons. The van der Waals surface area contributed by atoms with Gasteiger partial charge in [-0.3, -0.25) is 4.99 Å². The Hall–Kier alpha value is -3.90. The molecule has 2 aromatic carbocycles. The van der Waals surface area contributed by atoms with E-state index in [2.05, 4.69) is 14.8 Å². The van der Waals surface area contributed by atoms with E-state index in [1.807, 2.05) is 65.1 Å². The maximum absolute atomic E-state index is 12.1. The third-order valence-electron chi connectivity index (χ3n) is 6.23. The topological polar surface area (TPSA) is 150 Å². The highest BCUT2D eigenvalue weighted by Crippen LogP contribution is 2.32. The summed E-state index contributed by atoms with van der Waals surface area (Å²) < 4.78 is 17.3. The number of ether oxygens (including phenoxy) is 3. The predicted octanol–water partition coefficient (Wildman–Crippen LogP) is 5.52. The molecule has 0 atom stereocenters. The molecule has 244 valence electrons. The summed E-state index contributed by atoms with van der Waals surface area (Å²) in [5, 5.41) is 21.3.